The number of amides is 1. The zero-order valence-corrected chi connectivity index (χ0v) is 30.8. The number of carbonyl (C=O) groups is 1. The third-order valence-electron chi connectivity index (χ3n) is 8.95. The number of nitrogens with two attached hydrogens (primary N) is 1. The summed E-state index contributed by atoms with van der Waals surface area (Å²) in [5.74, 6) is -0.0508. The van der Waals surface area contributed by atoms with Gasteiger partial charge >= 0.3 is 19.6 Å². The summed E-state index contributed by atoms with van der Waals surface area (Å²) in [6.45, 7) is -10.1. The van der Waals surface area contributed by atoms with Gasteiger partial charge in [0.05, 0.1) is 25.9 Å². The van der Waals surface area contributed by atoms with Crippen LogP contribution in [-0.4, -0.2) is 125 Å². The zero-order chi connectivity index (χ0) is 37.9. The molecule has 0 radical (unpaired) electrons. The molecular weight excluding hydrogens is 809 g/mol. The first-order chi connectivity index (χ1) is 25.8. The highest BCUT2D eigenvalue weighted by Crippen LogP contribution is 2.58. The Balaban J connectivity index is 0.995. The summed E-state index contributed by atoms with van der Waals surface area (Å²) in [7, 11) is 0. The molecule has 0 saturated carbocycles. The molecule has 54 heavy (non-hydrogen) atoms. The van der Waals surface area contributed by atoms with Crippen LogP contribution in [0.5, 0.6) is 0 Å². The predicted octanol–water partition coefficient (Wildman–Crippen LogP) is 2.04. The molecule has 0 aromatic carbocycles. The van der Waals surface area contributed by atoms with Crippen molar-refractivity contribution in [1.29, 1.82) is 0 Å². The topological polar surface area (TPSA) is 256 Å². The Bertz CT molecular complexity index is 2160. The number of hydrogen-bond acceptors (Lipinski definition) is 18. The first-order valence-corrected chi connectivity index (χ1v) is 21.4. The van der Waals surface area contributed by atoms with Crippen molar-refractivity contribution >= 4 is 77.6 Å². The Labute approximate surface area is 311 Å². The van der Waals surface area contributed by atoms with Gasteiger partial charge in [-0.2, -0.15) is 0 Å². The van der Waals surface area contributed by atoms with Crippen molar-refractivity contribution in [2.45, 2.75) is 67.8 Å². The van der Waals surface area contributed by atoms with Crippen molar-refractivity contribution in [2.24, 2.45) is 0 Å². The van der Waals surface area contributed by atoms with Crippen LogP contribution in [0.4, 0.5) is 29.6 Å². The Hall–Kier alpha value is -3.13. The second-order valence-corrected chi connectivity index (χ2v) is 18.1. The molecule has 4 saturated heterocycles. The molecule has 8 rings (SSSR count). The van der Waals surface area contributed by atoms with Crippen LogP contribution in [0.1, 0.15) is 18.9 Å². The van der Waals surface area contributed by atoms with E-state index in [1.807, 2.05) is 0 Å². The smallest absolute Gasteiger partial charge is 0.412 e. The van der Waals surface area contributed by atoms with E-state index in [2.05, 4.69) is 52.8 Å². The van der Waals surface area contributed by atoms with Crippen LogP contribution in [0.15, 0.2) is 25.3 Å². The van der Waals surface area contributed by atoms with E-state index in [9.17, 15) is 18.6 Å². The Morgan fingerprint density at radius 3 is 2.26 bits per heavy atom. The molecule has 292 valence electrons. The van der Waals surface area contributed by atoms with E-state index in [1.165, 1.54) is 15.5 Å². The molecule has 4 aliphatic heterocycles. The molecule has 4 aromatic rings. The number of hydrogen-bond donors (Lipinski definition) is 5. The number of imidazole rings is 2. The summed E-state index contributed by atoms with van der Waals surface area (Å²) in [6, 6.07) is -0.350. The number of nitrogen functional groups attached to an aromatic ring is 1. The molecule has 0 bridgehead atoms. The highest BCUT2D eigenvalue weighted by molar-refractivity contribution is 8.44. The first-order valence-electron chi connectivity index (χ1n) is 16.1. The molecule has 8 heterocycles. The molecule has 28 heteroatoms. The Kier molecular flexibility index (Phi) is 10.3. The molecule has 12 atom stereocenters. The van der Waals surface area contributed by atoms with Crippen LogP contribution in [0.3, 0.4) is 0 Å². The summed E-state index contributed by atoms with van der Waals surface area (Å²) in [5.41, 5.74) is 6.17. The number of fused-ring (bicyclic) bond motifs is 4. The quantitative estimate of drug-likeness (QED) is 0.142. The van der Waals surface area contributed by atoms with Gasteiger partial charge in [0.1, 0.15) is 55.4 Å². The average molecular weight is 840 g/mol. The van der Waals surface area contributed by atoms with Crippen molar-refractivity contribution in [3.05, 3.63) is 25.3 Å². The SMILES string of the molecule is Nc1ncnc2c1ncn2[C@@H]1O[C@@H]2COP(O)(=S)O[C@H]3[C@@H](F)[C@H](n4cnc5c(NC(=O)OC[C@@H]6C[C@H](F)CN6)ncnc54)O[C@@H]3COP(=O)(S)O[C@H]2[C@H]1F. The molecule has 4 aliphatic rings. The van der Waals surface area contributed by atoms with E-state index in [0.717, 1.165) is 19.0 Å². The summed E-state index contributed by atoms with van der Waals surface area (Å²) in [4.78, 5) is 48.0. The number of alkyl halides is 3. The van der Waals surface area contributed by atoms with E-state index in [0.29, 0.717) is 0 Å². The van der Waals surface area contributed by atoms with Gasteiger partial charge < -0.3 is 34.7 Å². The lowest BCUT2D eigenvalue weighted by Crippen LogP contribution is -2.37. The number of halogens is 3. The van der Waals surface area contributed by atoms with E-state index in [1.54, 1.807) is 0 Å². The lowest BCUT2D eigenvalue weighted by atomic mass is 10.1. The monoisotopic (exact) mass is 839 g/mol. The minimum Gasteiger partial charge on any atom is -0.448 e. The van der Waals surface area contributed by atoms with Crippen molar-refractivity contribution in [3.63, 3.8) is 0 Å². The largest absolute Gasteiger partial charge is 0.448 e. The van der Waals surface area contributed by atoms with Gasteiger partial charge in [0.2, 0.25) is 0 Å². The normalized spacial score (nSPS) is 37.4. The number of rotatable bonds is 5. The van der Waals surface area contributed by atoms with Crippen LogP contribution >= 0.6 is 25.8 Å². The fraction of sp³-hybridized carbons (Fsp3) is 0.577. The fourth-order valence-corrected chi connectivity index (χ4v) is 9.37. The van der Waals surface area contributed by atoms with Crippen molar-refractivity contribution < 1.29 is 59.7 Å². The number of carbonyl (C=O) groups excluding carboxylic acids is 1. The van der Waals surface area contributed by atoms with E-state index in [4.69, 9.17) is 49.8 Å². The van der Waals surface area contributed by atoms with Gasteiger partial charge in [-0.25, -0.2) is 52.4 Å². The number of ether oxygens (including phenoxy) is 3. The maximum absolute atomic E-state index is 16.4. The predicted molar refractivity (Wildman–Crippen MR) is 184 cm³/mol. The summed E-state index contributed by atoms with van der Waals surface area (Å²) in [5, 5.41) is 5.33. The lowest BCUT2D eigenvalue weighted by Gasteiger charge is -2.29. The van der Waals surface area contributed by atoms with Crippen LogP contribution < -0.4 is 16.4 Å². The van der Waals surface area contributed by atoms with E-state index >= 15 is 8.78 Å². The highest BCUT2D eigenvalue weighted by Gasteiger charge is 2.54. The third-order valence-corrected chi connectivity index (χ3v) is 12.1. The van der Waals surface area contributed by atoms with Crippen LogP contribution in [0.25, 0.3) is 22.3 Å². The molecular formula is C26H30F3N11O10P2S2. The number of nitrogens with zero attached hydrogens (tertiary/aromatic N) is 8. The maximum atomic E-state index is 16.4. The maximum Gasteiger partial charge on any atom is 0.412 e. The minimum atomic E-state index is -4.46. The molecule has 21 nitrogen and oxygen atoms in total. The highest BCUT2D eigenvalue weighted by atomic mass is 32.7. The molecule has 0 aliphatic carbocycles. The molecule has 1 amide bonds. The molecule has 2 unspecified atom stereocenters. The van der Waals surface area contributed by atoms with Crippen LogP contribution in [-0.2, 0) is 48.7 Å². The number of thiol groups is 1. The summed E-state index contributed by atoms with van der Waals surface area (Å²) < 4.78 is 101. The molecule has 4 aromatic heterocycles. The molecule has 5 N–H and O–H groups in total. The van der Waals surface area contributed by atoms with Crippen LogP contribution in [0.2, 0.25) is 0 Å². The van der Waals surface area contributed by atoms with Crippen molar-refractivity contribution in [2.75, 3.05) is 37.4 Å². The average Bonchev–Trinajstić information content (AvgIpc) is 3.95. The van der Waals surface area contributed by atoms with Gasteiger partial charge in [-0.3, -0.25) is 28.0 Å². The van der Waals surface area contributed by atoms with Gasteiger partial charge in [-0.05, 0) is 18.2 Å². The second kappa shape index (κ2) is 14.7. The lowest BCUT2D eigenvalue weighted by molar-refractivity contribution is -0.0564. The van der Waals surface area contributed by atoms with Gasteiger partial charge in [-0.15, -0.1) is 0 Å². The second-order valence-electron chi connectivity index (χ2n) is 12.5. The van der Waals surface area contributed by atoms with Gasteiger partial charge in [0, 0.05) is 12.6 Å². The van der Waals surface area contributed by atoms with Crippen molar-refractivity contribution in [1.82, 2.24) is 44.4 Å². The zero-order valence-electron chi connectivity index (χ0n) is 27.3. The van der Waals surface area contributed by atoms with E-state index < -0.39 is 88.2 Å². The van der Waals surface area contributed by atoms with Crippen molar-refractivity contribution in [3.8, 4) is 0 Å². The molecule has 4 fully saturated rings. The van der Waals surface area contributed by atoms with Gasteiger partial charge in [0.15, 0.2) is 53.2 Å². The van der Waals surface area contributed by atoms with Crippen LogP contribution in [0, 0.1) is 0 Å². The van der Waals surface area contributed by atoms with Gasteiger partial charge in [-0.1, -0.05) is 12.2 Å². The Morgan fingerprint density at radius 1 is 0.981 bits per heavy atom. The number of nitrogens with one attached hydrogen (secondary N) is 2. The van der Waals surface area contributed by atoms with Gasteiger partial charge in [0.25, 0.3) is 0 Å². The fourth-order valence-electron chi connectivity index (χ4n) is 6.45. The molecule has 0 spiro atoms. The third kappa shape index (κ3) is 7.42. The summed E-state index contributed by atoms with van der Waals surface area (Å²) >= 11 is 9.22. The first kappa shape index (κ1) is 37.8. The standard InChI is InChI=1S/C26H30F3N11O10P2S2/c27-10-1-11(31-2-10)3-44-26(41)38-21-17-23(35-7-33-21)40(9-37-17)25-15(29)19-13(48-25)5-46-51(42,53)49-18-12(4-45-52(43,54)50-19)47-24(14(18)28)39-8-36-16-20(30)32-6-34-22(16)39/h6-15,18-19,24-25,31H,1-5H2,(H,42,53)(H,43,54)(H2,30,32,34)(H,33,35,38,41)/t10-,11-,12+,13+,14+,15+,18+,19+,24+,25+,51?,52?/m0/s1. The minimum absolute atomic E-state index is 0.000123. The van der Waals surface area contributed by atoms with E-state index in [-0.39, 0.29) is 59.6 Å². The summed E-state index contributed by atoms with van der Waals surface area (Å²) in [6.07, 6.45) is -10.5. The number of anilines is 2. The number of aromatic nitrogens is 8. The Morgan fingerprint density at radius 2 is 1.59 bits per heavy atom.